The summed E-state index contributed by atoms with van der Waals surface area (Å²) in [6.45, 7) is 0. The lowest BCUT2D eigenvalue weighted by molar-refractivity contribution is 1.29. The van der Waals surface area contributed by atoms with Gasteiger partial charge in [0.05, 0.1) is 27.2 Å². The molecule has 3 aromatic rings. The number of nitrogens with one attached hydrogen (secondary N) is 1. The molecule has 1 N–H and O–H groups in total. The van der Waals surface area contributed by atoms with Gasteiger partial charge >= 0.3 is 0 Å². The summed E-state index contributed by atoms with van der Waals surface area (Å²) < 4.78 is 0. The van der Waals surface area contributed by atoms with Crippen molar-refractivity contribution in [2.24, 2.45) is 0 Å². The average Bonchev–Trinajstić information content (AvgIpc) is 2.53. The molecular weight excluding hydrogens is 298 g/mol. The third-order valence-electron chi connectivity index (χ3n) is 3.40. The third kappa shape index (κ3) is 2.13. The molecule has 0 saturated carbocycles. The molecule has 0 aliphatic carbocycles. The highest BCUT2D eigenvalue weighted by atomic mass is 35.5. The van der Waals surface area contributed by atoms with E-state index in [0.717, 1.165) is 0 Å². The van der Waals surface area contributed by atoms with Crippen LogP contribution in [-0.4, -0.2) is 4.98 Å². The summed E-state index contributed by atoms with van der Waals surface area (Å²) in [6.07, 6.45) is 0. The predicted molar refractivity (Wildman–Crippen MR) is 84.4 cm³/mol. The Kier molecular flexibility index (Phi) is 3.39. The number of fused-ring (bicyclic) bond motifs is 1. The molecule has 2 aromatic carbocycles. The predicted octanol–water partition coefficient (Wildman–Crippen LogP) is 3.59. The van der Waals surface area contributed by atoms with Gasteiger partial charge in [-0.1, -0.05) is 41.9 Å². The largest absolute Gasteiger partial charge is 0.321 e. The van der Waals surface area contributed by atoms with Crippen LogP contribution < -0.4 is 5.56 Å². The fourth-order valence-electron chi connectivity index (χ4n) is 2.40. The van der Waals surface area contributed by atoms with Gasteiger partial charge in [0.25, 0.3) is 5.56 Å². The van der Waals surface area contributed by atoms with Crippen molar-refractivity contribution in [3.05, 3.63) is 69.0 Å². The fraction of sp³-hybridized carbons (Fsp3) is 0. The molecule has 3 rings (SSSR count). The molecule has 0 unspecified atom stereocenters. The second-order valence-corrected chi connectivity index (χ2v) is 5.08. The van der Waals surface area contributed by atoms with Crippen LogP contribution in [0.1, 0.15) is 11.1 Å². The summed E-state index contributed by atoms with van der Waals surface area (Å²) in [5.74, 6) is 0. The Balaban J connectivity index is 2.48. The zero-order valence-electron chi connectivity index (χ0n) is 11.2. The molecule has 0 spiro atoms. The van der Waals surface area contributed by atoms with Gasteiger partial charge in [0.2, 0.25) is 0 Å². The normalized spacial score (nSPS) is 10.1. The number of hydrogen-bond acceptors (Lipinski definition) is 3. The highest BCUT2D eigenvalue weighted by molar-refractivity contribution is 6.32. The van der Waals surface area contributed by atoms with Gasteiger partial charge in [0.1, 0.15) is 12.1 Å². The van der Waals surface area contributed by atoms with Crippen LogP contribution in [0.3, 0.4) is 0 Å². The van der Waals surface area contributed by atoms with Crippen LogP contribution in [0.25, 0.3) is 22.0 Å². The first-order valence-corrected chi connectivity index (χ1v) is 6.78. The van der Waals surface area contributed by atoms with Crippen molar-refractivity contribution >= 4 is 22.5 Å². The Morgan fingerprint density at radius 1 is 1.05 bits per heavy atom. The molecular formula is C17H8ClN3O. The molecule has 0 aliphatic rings. The summed E-state index contributed by atoms with van der Waals surface area (Å²) in [5.41, 5.74) is 1.51. The first-order chi connectivity index (χ1) is 10.7. The number of nitrogens with zero attached hydrogens (tertiary/aromatic N) is 2. The van der Waals surface area contributed by atoms with Crippen molar-refractivity contribution in [1.29, 1.82) is 10.5 Å². The van der Waals surface area contributed by atoms with E-state index in [1.165, 1.54) is 12.1 Å². The van der Waals surface area contributed by atoms with E-state index in [-0.39, 0.29) is 21.7 Å². The highest BCUT2D eigenvalue weighted by Crippen LogP contribution is 2.28. The first-order valence-electron chi connectivity index (χ1n) is 6.41. The Hall–Kier alpha value is -3.08. The fourth-order valence-corrected chi connectivity index (χ4v) is 2.60. The van der Waals surface area contributed by atoms with Crippen LogP contribution in [0.4, 0.5) is 0 Å². The number of benzene rings is 2. The van der Waals surface area contributed by atoms with Gasteiger partial charge in [-0.05, 0) is 17.7 Å². The first kappa shape index (κ1) is 13.9. The Labute approximate surface area is 130 Å². The van der Waals surface area contributed by atoms with E-state index >= 15 is 0 Å². The second kappa shape index (κ2) is 5.37. The number of halogens is 1. The molecule has 0 saturated heterocycles. The lowest BCUT2D eigenvalue weighted by Crippen LogP contribution is -2.11. The van der Waals surface area contributed by atoms with E-state index in [2.05, 4.69) is 11.1 Å². The molecule has 5 heteroatoms. The Morgan fingerprint density at radius 3 is 2.41 bits per heavy atom. The standard InChI is InChI=1S/C17H8ClN3O/c18-14-7-15-12(6-11(14)8-19)13(9-20)16(17(22)21-15)10-4-2-1-3-5-10/h1-7H,(H,21,22). The van der Waals surface area contributed by atoms with Gasteiger partial charge in [-0.15, -0.1) is 0 Å². The van der Waals surface area contributed by atoms with Crippen LogP contribution in [-0.2, 0) is 0 Å². The molecule has 4 nitrogen and oxygen atoms in total. The number of aromatic nitrogens is 1. The summed E-state index contributed by atoms with van der Waals surface area (Å²) in [7, 11) is 0. The minimum atomic E-state index is -0.365. The highest BCUT2D eigenvalue weighted by Gasteiger charge is 2.15. The number of H-pyrrole nitrogens is 1. The summed E-state index contributed by atoms with van der Waals surface area (Å²) in [4.78, 5) is 15.1. The molecule has 0 atom stereocenters. The molecule has 0 aliphatic heterocycles. The van der Waals surface area contributed by atoms with E-state index in [4.69, 9.17) is 16.9 Å². The maximum atomic E-state index is 12.4. The second-order valence-electron chi connectivity index (χ2n) is 4.67. The van der Waals surface area contributed by atoms with E-state index in [1.54, 1.807) is 24.3 Å². The molecule has 22 heavy (non-hydrogen) atoms. The summed E-state index contributed by atoms with van der Waals surface area (Å²) in [6, 6.07) is 16.0. The SMILES string of the molecule is N#Cc1cc2c(C#N)c(-c3ccccc3)c(=O)[nH]c2cc1Cl. The summed E-state index contributed by atoms with van der Waals surface area (Å²) >= 11 is 5.98. The number of aromatic amines is 1. The van der Waals surface area contributed by atoms with Gasteiger partial charge in [-0.3, -0.25) is 4.79 Å². The quantitative estimate of drug-likeness (QED) is 0.746. The zero-order chi connectivity index (χ0) is 15.7. The van der Waals surface area contributed by atoms with Crippen LogP contribution >= 0.6 is 11.6 Å². The van der Waals surface area contributed by atoms with Crippen molar-refractivity contribution < 1.29 is 0 Å². The molecule has 0 amide bonds. The maximum absolute atomic E-state index is 12.4. The molecule has 1 aromatic heterocycles. The van der Waals surface area contributed by atoms with E-state index in [9.17, 15) is 10.1 Å². The molecule has 0 radical (unpaired) electrons. The van der Waals surface area contributed by atoms with Gasteiger partial charge < -0.3 is 4.98 Å². The molecule has 104 valence electrons. The average molecular weight is 306 g/mol. The van der Waals surface area contributed by atoms with E-state index < -0.39 is 0 Å². The smallest absolute Gasteiger partial charge is 0.257 e. The molecule has 0 fully saturated rings. The lowest BCUT2D eigenvalue weighted by Gasteiger charge is -2.08. The maximum Gasteiger partial charge on any atom is 0.257 e. The number of rotatable bonds is 1. The minimum absolute atomic E-state index is 0.234. The van der Waals surface area contributed by atoms with Gasteiger partial charge in [0.15, 0.2) is 0 Å². The van der Waals surface area contributed by atoms with Crippen molar-refractivity contribution in [3.8, 4) is 23.3 Å². The van der Waals surface area contributed by atoms with E-state index in [1.807, 2.05) is 12.1 Å². The van der Waals surface area contributed by atoms with Crippen LogP contribution in [0.5, 0.6) is 0 Å². The number of pyridine rings is 1. The number of nitriles is 2. The van der Waals surface area contributed by atoms with Crippen LogP contribution in [0.2, 0.25) is 5.02 Å². The lowest BCUT2D eigenvalue weighted by atomic mass is 9.97. The van der Waals surface area contributed by atoms with E-state index in [0.29, 0.717) is 22.0 Å². The topological polar surface area (TPSA) is 80.4 Å². The minimum Gasteiger partial charge on any atom is -0.321 e. The molecule has 0 bridgehead atoms. The zero-order valence-corrected chi connectivity index (χ0v) is 12.0. The van der Waals surface area contributed by atoms with Crippen molar-refractivity contribution in [1.82, 2.24) is 4.98 Å². The monoisotopic (exact) mass is 305 g/mol. The number of hydrogen-bond donors (Lipinski definition) is 1. The third-order valence-corrected chi connectivity index (χ3v) is 3.71. The van der Waals surface area contributed by atoms with Gasteiger partial charge in [0, 0.05) is 5.39 Å². The van der Waals surface area contributed by atoms with Crippen molar-refractivity contribution in [2.45, 2.75) is 0 Å². The van der Waals surface area contributed by atoms with Gasteiger partial charge in [-0.2, -0.15) is 10.5 Å². The Bertz CT molecular complexity index is 1020. The van der Waals surface area contributed by atoms with Gasteiger partial charge in [-0.25, -0.2) is 0 Å². The van der Waals surface area contributed by atoms with Crippen LogP contribution in [0.15, 0.2) is 47.3 Å². The van der Waals surface area contributed by atoms with Crippen LogP contribution in [0, 0.1) is 22.7 Å². The molecule has 1 heterocycles. The van der Waals surface area contributed by atoms with Crippen molar-refractivity contribution in [3.63, 3.8) is 0 Å². The summed E-state index contributed by atoms with van der Waals surface area (Å²) in [5, 5.41) is 19.3. The Morgan fingerprint density at radius 2 is 1.77 bits per heavy atom. The van der Waals surface area contributed by atoms with Crippen molar-refractivity contribution in [2.75, 3.05) is 0 Å².